The van der Waals surface area contributed by atoms with Crippen molar-refractivity contribution in [2.45, 2.75) is 25.3 Å². The fourth-order valence-corrected chi connectivity index (χ4v) is 2.45. The van der Waals surface area contributed by atoms with E-state index in [2.05, 4.69) is 36.2 Å². The van der Waals surface area contributed by atoms with Gasteiger partial charge in [0.1, 0.15) is 0 Å². The third kappa shape index (κ3) is 1.98. The van der Waals surface area contributed by atoms with Gasteiger partial charge in [0.15, 0.2) is 0 Å². The Bertz CT molecular complexity index is 384. The van der Waals surface area contributed by atoms with E-state index in [4.69, 9.17) is 5.73 Å². The van der Waals surface area contributed by atoms with Crippen LogP contribution in [0.25, 0.3) is 0 Å². The van der Waals surface area contributed by atoms with Crippen molar-refractivity contribution in [3.63, 3.8) is 0 Å². The summed E-state index contributed by atoms with van der Waals surface area (Å²) in [6.07, 6.45) is 2.51. The lowest BCUT2D eigenvalue weighted by molar-refractivity contribution is 0.290. The molecule has 3 N–H and O–H groups in total. The highest BCUT2D eigenvalue weighted by atomic mass is 14.8. The normalized spacial score (nSPS) is 23.6. The van der Waals surface area contributed by atoms with Gasteiger partial charge in [0.05, 0.1) is 0 Å². The molecule has 0 amide bonds. The van der Waals surface area contributed by atoms with E-state index in [-0.39, 0.29) is 0 Å². The molecule has 2 heteroatoms. The van der Waals surface area contributed by atoms with Gasteiger partial charge in [-0.25, -0.2) is 0 Å². The van der Waals surface area contributed by atoms with E-state index in [1.54, 1.807) is 0 Å². The van der Waals surface area contributed by atoms with Gasteiger partial charge in [0.25, 0.3) is 0 Å². The van der Waals surface area contributed by atoms with Gasteiger partial charge in [-0.3, -0.25) is 0 Å². The Hall–Kier alpha value is -1.28. The van der Waals surface area contributed by atoms with Crippen LogP contribution in [-0.2, 0) is 6.54 Å². The first-order valence-electron chi connectivity index (χ1n) is 5.91. The van der Waals surface area contributed by atoms with Crippen molar-refractivity contribution in [1.82, 2.24) is 5.32 Å². The fourth-order valence-electron chi connectivity index (χ4n) is 2.45. The molecular formula is C14H20N2. The zero-order valence-corrected chi connectivity index (χ0v) is 9.87. The average Bonchev–Trinajstić information content (AvgIpc) is 2.27. The first-order valence-corrected chi connectivity index (χ1v) is 5.91. The van der Waals surface area contributed by atoms with Crippen LogP contribution in [0.3, 0.4) is 0 Å². The summed E-state index contributed by atoms with van der Waals surface area (Å²) in [5.41, 5.74) is 9.46. The van der Waals surface area contributed by atoms with Gasteiger partial charge in [-0.05, 0) is 29.9 Å². The molecule has 0 bridgehead atoms. The molecule has 0 saturated heterocycles. The van der Waals surface area contributed by atoms with Crippen molar-refractivity contribution >= 4 is 0 Å². The van der Waals surface area contributed by atoms with Crippen LogP contribution in [0.1, 0.15) is 29.9 Å². The smallest absolute Gasteiger partial charge is 0.0178 e. The molecule has 1 fully saturated rings. The number of rotatable bonds is 4. The summed E-state index contributed by atoms with van der Waals surface area (Å²) in [6, 6.07) is 8.64. The zero-order valence-electron chi connectivity index (χ0n) is 9.87. The molecule has 1 aliphatic carbocycles. The predicted octanol–water partition coefficient (Wildman–Crippen LogP) is 2.37. The maximum absolute atomic E-state index is 5.67. The Morgan fingerprint density at radius 1 is 1.50 bits per heavy atom. The number of hydrogen-bond acceptors (Lipinski definition) is 2. The van der Waals surface area contributed by atoms with E-state index in [0.29, 0.717) is 18.4 Å². The Morgan fingerprint density at radius 3 is 2.88 bits per heavy atom. The van der Waals surface area contributed by atoms with Crippen LogP contribution >= 0.6 is 0 Å². The lowest BCUT2D eigenvalue weighted by Crippen LogP contribution is -2.30. The molecule has 0 radical (unpaired) electrons. The highest BCUT2D eigenvalue weighted by Crippen LogP contribution is 2.45. The molecule has 1 aromatic carbocycles. The van der Waals surface area contributed by atoms with Crippen LogP contribution in [0, 0.1) is 5.92 Å². The summed E-state index contributed by atoms with van der Waals surface area (Å²) < 4.78 is 0. The first-order chi connectivity index (χ1) is 7.76. The fraction of sp³-hybridized carbons (Fsp3) is 0.429. The molecule has 1 saturated carbocycles. The quantitative estimate of drug-likeness (QED) is 0.811. The topological polar surface area (TPSA) is 38.0 Å². The predicted molar refractivity (Wildman–Crippen MR) is 68.0 cm³/mol. The lowest BCUT2D eigenvalue weighted by atomic mass is 9.68. The molecule has 0 aliphatic heterocycles. The monoisotopic (exact) mass is 216 g/mol. The van der Waals surface area contributed by atoms with Gasteiger partial charge in [0.2, 0.25) is 0 Å². The summed E-state index contributed by atoms with van der Waals surface area (Å²) in [5, 5.41) is 3.18. The molecular weight excluding hydrogens is 196 g/mol. The minimum atomic E-state index is 0.595. The lowest BCUT2D eigenvalue weighted by Gasteiger charge is -2.38. The van der Waals surface area contributed by atoms with E-state index in [1.807, 2.05) is 7.05 Å². The number of hydrogen-bond donors (Lipinski definition) is 2. The second-order valence-corrected chi connectivity index (χ2v) is 4.51. The van der Waals surface area contributed by atoms with Crippen LogP contribution in [0.4, 0.5) is 0 Å². The van der Waals surface area contributed by atoms with E-state index in [9.17, 15) is 0 Å². The van der Waals surface area contributed by atoms with Crippen molar-refractivity contribution in [1.29, 1.82) is 0 Å². The second-order valence-electron chi connectivity index (χ2n) is 4.51. The van der Waals surface area contributed by atoms with Crippen molar-refractivity contribution in [3.05, 3.63) is 47.7 Å². The largest absolute Gasteiger partial charge is 0.392 e. The summed E-state index contributed by atoms with van der Waals surface area (Å²) in [4.78, 5) is 0. The summed E-state index contributed by atoms with van der Waals surface area (Å²) in [7, 11) is 1.95. The van der Waals surface area contributed by atoms with Crippen LogP contribution < -0.4 is 11.1 Å². The molecule has 2 nitrogen and oxygen atoms in total. The molecule has 0 heterocycles. The third-order valence-electron chi connectivity index (χ3n) is 3.66. The van der Waals surface area contributed by atoms with E-state index >= 15 is 0 Å². The van der Waals surface area contributed by atoms with Crippen LogP contribution in [0.15, 0.2) is 36.5 Å². The summed E-state index contributed by atoms with van der Waals surface area (Å²) >= 11 is 0. The van der Waals surface area contributed by atoms with Gasteiger partial charge in [-0.15, -0.1) is 0 Å². The number of allylic oxidation sites excluding steroid dienone is 1. The van der Waals surface area contributed by atoms with Gasteiger partial charge in [-0.2, -0.15) is 0 Å². The first kappa shape index (κ1) is 11.2. The van der Waals surface area contributed by atoms with Crippen LogP contribution in [0.5, 0.6) is 0 Å². The van der Waals surface area contributed by atoms with Crippen molar-refractivity contribution in [2.75, 3.05) is 7.05 Å². The highest BCUT2D eigenvalue weighted by Gasteiger charge is 2.33. The van der Waals surface area contributed by atoms with Gasteiger partial charge >= 0.3 is 0 Å². The summed E-state index contributed by atoms with van der Waals surface area (Å²) in [5.74, 6) is 1.23. The average molecular weight is 216 g/mol. The van der Waals surface area contributed by atoms with Crippen LogP contribution in [0.2, 0.25) is 0 Å². The highest BCUT2D eigenvalue weighted by molar-refractivity contribution is 5.30. The maximum Gasteiger partial charge on any atom is 0.0178 e. The second kappa shape index (κ2) is 4.71. The van der Waals surface area contributed by atoms with Crippen molar-refractivity contribution in [2.24, 2.45) is 11.7 Å². The van der Waals surface area contributed by atoms with E-state index < -0.39 is 0 Å². The number of nitrogens with two attached hydrogens (primary N) is 1. The molecule has 16 heavy (non-hydrogen) atoms. The third-order valence-corrected chi connectivity index (χ3v) is 3.66. The maximum atomic E-state index is 5.67. The Labute approximate surface area is 97.5 Å². The molecule has 1 aliphatic rings. The Kier molecular flexibility index (Phi) is 3.30. The zero-order chi connectivity index (χ0) is 11.5. The van der Waals surface area contributed by atoms with Crippen molar-refractivity contribution < 1.29 is 0 Å². The van der Waals surface area contributed by atoms with Crippen molar-refractivity contribution in [3.8, 4) is 0 Å². The molecule has 0 aromatic heterocycles. The Morgan fingerprint density at radius 2 is 2.31 bits per heavy atom. The summed E-state index contributed by atoms with van der Waals surface area (Å²) in [6.45, 7) is 4.70. The van der Waals surface area contributed by atoms with E-state index in [0.717, 1.165) is 5.70 Å². The minimum absolute atomic E-state index is 0.595. The van der Waals surface area contributed by atoms with E-state index in [1.165, 1.54) is 24.0 Å². The SMILES string of the molecule is C=C(NC)C1CC[C@H]1c1cccc(CN)c1. The van der Waals surface area contributed by atoms with Gasteiger partial charge in [-0.1, -0.05) is 30.8 Å². The van der Waals surface area contributed by atoms with Crippen LogP contribution in [-0.4, -0.2) is 7.05 Å². The van der Waals surface area contributed by atoms with Gasteiger partial charge < -0.3 is 11.1 Å². The molecule has 2 atom stereocenters. The number of benzene rings is 1. The molecule has 86 valence electrons. The standard InChI is InChI=1S/C14H20N2/c1-10(16-2)13-6-7-14(13)12-5-3-4-11(8-12)9-15/h3-5,8,13-14,16H,1,6-7,9,15H2,2H3/t13?,14-/m0/s1. The van der Waals surface area contributed by atoms with Gasteiger partial charge in [0, 0.05) is 25.2 Å². The molecule has 0 spiro atoms. The molecule has 2 rings (SSSR count). The molecule has 1 unspecified atom stereocenters. The Balaban J connectivity index is 2.15. The number of nitrogens with one attached hydrogen (secondary N) is 1. The minimum Gasteiger partial charge on any atom is -0.392 e. The molecule has 1 aromatic rings.